The fourth-order valence-corrected chi connectivity index (χ4v) is 7.55. The first-order valence-corrected chi connectivity index (χ1v) is 17.4. The van der Waals surface area contributed by atoms with Crippen molar-refractivity contribution in [2.45, 2.75) is 58.5 Å². The lowest BCUT2D eigenvalue weighted by Crippen LogP contribution is -2.49. The second-order valence-corrected chi connectivity index (χ2v) is 14.6. The first-order chi connectivity index (χ1) is 21.7. The number of para-hydroxylation sites is 1. The maximum Gasteiger partial charge on any atom is 0.323 e. The monoisotopic (exact) mass is 669 g/mol. The molecule has 1 aliphatic rings. The molecule has 0 saturated carbocycles. The van der Waals surface area contributed by atoms with E-state index in [1.165, 1.54) is 6.07 Å². The maximum absolute atomic E-state index is 13.7. The fraction of sp³-hybridized carbons (Fsp3) is 0.375. The van der Waals surface area contributed by atoms with E-state index < -0.39 is 40.0 Å². The zero-order valence-electron chi connectivity index (χ0n) is 26.2. The Bertz CT molecular complexity index is 1720. The predicted octanol–water partition coefficient (Wildman–Crippen LogP) is 4.54. The summed E-state index contributed by atoms with van der Waals surface area (Å²) in [6.45, 7) is 7.55. The van der Waals surface area contributed by atoms with Crippen LogP contribution in [-0.4, -0.2) is 67.1 Å². The van der Waals surface area contributed by atoms with Crippen LogP contribution in [0.5, 0.6) is 0 Å². The molecule has 0 bridgehead atoms. The first kappa shape index (κ1) is 34.6. The summed E-state index contributed by atoms with van der Waals surface area (Å²) in [7, 11) is -3.83. The van der Waals surface area contributed by atoms with Crippen LogP contribution in [0, 0.1) is 6.92 Å². The topological polar surface area (TPSA) is 174 Å². The number of nitrogens with zero attached hydrogens (tertiary/aromatic N) is 1. The third-order valence-electron chi connectivity index (χ3n) is 7.84. The number of carboxylic acids is 1. The molecule has 0 radical (unpaired) electrons. The zero-order chi connectivity index (χ0) is 33.6. The third-order valence-corrected chi connectivity index (χ3v) is 10.5. The van der Waals surface area contributed by atoms with Crippen LogP contribution in [0.2, 0.25) is 0 Å². The van der Waals surface area contributed by atoms with Crippen LogP contribution in [0.4, 0.5) is 16.2 Å². The smallest absolute Gasteiger partial charge is 0.323 e. The van der Waals surface area contributed by atoms with Gasteiger partial charge in [0.15, 0.2) is 0 Å². The van der Waals surface area contributed by atoms with Gasteiger partial charge in [-0.1, -0.05) is 43.7 Å². The number of aliphatic carboxylic acids is 1. The number of carbonyl (C=O) groups excluding carboxylic acids is 3. The zero-order valence-corrected chi connectivity index (χ0v) is 27.8. The second-order valence-electron chi connectivity index (χ2n) is 11.6. The minimum absolute atomic E-state index is 0.208. The molecule has 246 valence electrons. The van der Waals surface area contributed by atoms with Crippen LogP contribution in [0.15, 0.2) is 54.6 Å². The van der Waals surface area contributed by atoms with E-state index in [-0.39, 0.29) is 22.6 Å². The number of carboxylic acid groups (broad SMARTS) is 1. The Kier molecular flexibility index (Phi) is 10.9. The summed E-state index contributed by atoms with van der Waals surface area (Å²) >= 11 is 1.16. The minimum Gasteiger partial charge on any atom is -0.480 e. The van der Waals surface area contributed by atoms with Crippen molar-refractivity contribution >= 4 is 56.5 Å². The number of aryl methyl sites for hydroxylation is 1. The number of amides is 4. The Hall–Kier alpha value is -4.27. The molecule has 46 heavy (non-hydrogen) atoms. The van der Waals surface area contributed by atoms with Gasteiger partial charge < -0.3 is 26.0 Å². The van der Waals surface area contributed by atoms with Crippen LogP contribution in [0.25, 0.3) is 0 Å². The Labute approximate surface area is 272 Å². The molecule has 0 saturated heterocycles. The van der Waals surface area contributed by atoms with E-state index in [0.717, 1.165) is 27.3 Å². The van der Waals surface area contributed by atoms with Crippen LogP contribution < -0.4 is 20.7 Å². The van der Waals surface area contributed by atoms with Gasteiger partial charge >= 0.3 is 12.0 Å². The minimum atomic E-state index is -3.83. The molecule has 0 spiro atoms. The Morgan fingerprint density at radius 3 is 2.41 bits per heavy atom. The van der Waals surface area contributed by atoms with Gasteiger partial charge in [0.2, 0.25) is 10.0 Å². The summed E-state index contributed by atoms with van der Waals surface area (Å²) in [6.07, 6.45) is 1.54. The van der Waals surface area contributed by atoms with Crippen molar-refractivity contribution in [2.24, 2.45) is 0 Å². The normalized spacial score (nSPS) is 13.9. The third kappa shape index (κ3) is 8.30. The van der Waals surface area contributed by atoms with Gasteiger partial charge in [0.05, 0.1) is 21.7 Å². The number of fused-ring (bicyclic) bond motifs is 1. The largest absolute Gasteiger partial charge is 0.480 e. The lowest BCUT2D eigenvalue weighted by Gasteiger charge is -2.41. The molecule has 1 atom stereocenters. The predicted molar refractivity (Wildman–Crippen MR) is 178 cm³/mol. The molecule has 0 aliphatic carbocycles. The highest BCUT2D eigenvalue weighted by atomic mass is 32.2. The highest BCUT2D eigenvalue weighted by Gasteiger charge is 2.38. The molecule has 4 rings (SSSR count). The molecular formula is C32H39N5O7S2. The molecule has 1 aromatic heterocycles. The summed E-state index contributed by atoms with van der Waals surface area (Å²) in [5.74, 6) is -2.45. The number of unbranched alkanes of at least 4 members (excludes halogenated alkanes) is 1. The number of urea groups is 1. The summed E-state index contributed by atoms with van der Waals surface area (Å²) in [5.41, 5.74) is 2.77. The standard InChI is InChI=1S/C32H39N5O7S2/c1-5-6-17-46(43,44)36-25(30(40)41)19-33-28(38)27-18-23-26(45-27)15-16-37(29(23)39)32(3,4)21-11-13-22(14-12-21)34-31(42)35-24-10-8-7-9-20(24)2/h7-14,18,25,36H,5-6,15-17,19H2,1-4H3,(H,33,38)(H,40,41)(H2,34,35,42)/t25-/m0/s1. The molecule has 5 N–H and O–H groups in total. The number of nitrogens with one attached hydrogen (secondary N) is 4. The average molecular weight is 670 g/mol. The van der Waals surface area contributed by atoms with Gasteiger partial charge in [0, 0.05) is 35.8 Å². The Morgan fingerprint density at radius 1 is 1.07 bits per heavy atom. The number of thiophene rings is 1. The SMILES string of the molecule is CCCCS(=O)(=O)N[C@@H](CNC(=O)c1cc2c(s1)CCN(C(C)(C)c1ccc(NC(=O)Nc3ccccc3C)cc1)C2=O)C(=O)O. The van der Waals surface area contributed by atoms with E-state index in [1.54, 1.807) is 17.0 Å². The molecule has 0 unspecified atom stereocenters. The van der Waals surface area contributed by atoms with Crippen molar-refractivity contribution in [2.75, 3.05) is 29.5 Å². The van der Waals surface area contributed by atoms with Crippen molar-refractivity contribution < 1.29 is 32.7 Å². The maximum atomic E-state index is 13.7. The van der Waals surface area contributed by atoms with E-state index in [2.05, 4.69) is 20.7 Å². The van der Waals surface area contributed by atoms with E-state index in [1.807, 2.05) is 64.1 Å². The highest BCUT2D eigenvalue weighted by molar-refractivity contribution is 7.89. The summed E-state index contributed by atoms with van der Waals surface area (Å²) < 4.78 is 26.5. The van der Waals surface area contributed by atoms with Gasteiger partial charge in [-0.2, -0.15) is 4.72 Å². The molecule has 14 heteroatoms. The molecule has 0 fully saturated rings. The summed E-state index contributed by atoms with van der Waals surface area (Å²) in [4.78, 5) is 53.5. The van der Waals surface area contributed by atoms with E-state index >= 15 is 0 Å². The highest BCUT2D eigenvalue weighted by Crippen LogP contribution is 2.36. The van der Waals surface area contributed by atoms with Crippen molar-refractivity contribution in [1.29, 1.82) is 0 Å². The van der Waals surface area contributed by atoms with E-state index in [0.29, 0.717) is 42.7 Å². The van der Waals surface area contributed by atoms with Gasteiger partial charge in [0.25, 0.3) is 11.8 Å². The van der Waals surface area contributed by atoms with Crippen molar-refractivity contribution in [3.63, 3.8) is 0 Å². The van der Waals surface area contributed by atoms with Crippen LogP contribution >= 0.6 is 11.3 Å². The van der Waals surface area contributed by atoms with Gasteiger partial charge in [-0.3, -0.25) is 14.4 Å². The van der Waals surface area contributed by atoms with Gasteiger partial charge in [-0.05, 0) is 62.6 Å². The Morgan fingerprint density at radius 2 is 1.76 bits per heavy atom. The number of sulfonamides is 1. The van der Waals surface area contributed by atoms with Crippen LogP contribution in [0.1, 0.15) is 69.6 Å². The number of rotatable bonds is 13. The second kappa shape index (κ2) is 14.4. The number of hydrogen-bond acceptors (Lipinski definition) is 7. The average Bonchev–Trinajstić information content (AvgIpc) is 3.45. The van der Waals surface area contributed by atoms with Crippen LogP contribution in [0.3, 0.4) is 0 Å². The van der Waals surface area contributed by atoms with Crippen LogP contribution in [-0.2, 0) is 26.8 Å². The molecule has 2 heterocycles. The van der Waals surface area contributed by atoms with Gasteiger partial charge in [-0.15, -0.1) is 11.3 Å². The van der Waals surface area contributed by atoms with Crippen molar-refractivity contribution in [1.82, 2.24) is 14.9 Å². The van der Waals surface area contributed by atoms with Gasteiger partial charge in [0.1, 0.15) is 6.04 Å². The number of hydrogen-bond donors (Lipinski definition) is 5. The fourth-order valence-electron chi connectivity index (χ4n) is 5.09. The molecule has 4 amide bonds. The van der Waals surface area contributed by atoms with E-state index in [9.17, 15) is 32.7 Å². The molecular weight excluding hydrogens is 631 g/mol. The quantitative estimate of drug-likeness (QED) is 0.178. The molecule has 2 aromatic carbocycles. The summed E-state index contributed by atoms with van der Waals surface area (Å²) in [6, 6.07) is 14.3. The first-order valence-electron chi connectivity index (χ1n) is 14.9. The number of carbonyl (C=O) groups is 4. The molecule has 1 aliphatic heterocycles. The van der Waals surface area contributed by atoms with E-state index in [4.69, 9.17) is 0 Å². The lowest BCUT2D eigenvalue weighted by molar-refractivity contribution is -0.138. The van der Waals surface area contributed by atoms with Crippen molar-refractivity contribution in [3.05, 3.63) is 81.0 Å². The lowest BCUT2D eigenvalue weighted by atomic mass is 9.89. The molecule has 12 nitrogen and oxygen atoms in total. The van der Waals surface area contributed by atoms with Crippen molar-refractivity contribution in [3.8, 4) is 0 Å². The summed E-state index contributed by atoms with van der Waals surface area (Å²) in [5, 5.41) is 17.6. The Balaban J connectivity index is 1.39. The van der Waals surface area contributed by atoms with Gasteiger partial charge in [-0.25, -0.2) is 13.2 Å². The molecule has 3 aromatic rings. The number of anilines is 2. The number of benzene rings is 2.